The van der Waals surface area contributed by atoms with Crippen molar-refractivity contribution in [1.82, 2.24) is 0 Å². The Hall–Kier alpha value is -1.37. The number of hydrogen-bond acceptors (Lipinski definition) is 1. The molecule has 1 rings (SSSR count). The fourth-order valence-corrected chi connectivity index (χ4v) is 1.49. The molecule has 0 unspecified atom stereocenters. The second kappa shape index (κ2) is 6.18. The van der Waals surface area contributed by atoms with E-state index >= 15 is 0 Å². The second-order valence-corrected chi connectivity index (χ2v) is 3.72. The highest BCUT2D eigenvalue weighted by molar-refractivity contribution is 6.19. The van der Waals surface area contributed by atoms with E-state index in [0.29, 0.717) is 12.0 Å². The summed E-state index contributed by atoms with van der Waals surface area (Å²) < 4.78 is 0. The van der Waals surface area contributed by atoms with E-state index in [-0.39, 0.29) is 5.78 Å². The Morgan fingerprint density at radius 2 is 1.87 bits per heavy atom. The van der Waals surface area contributed by atoms with Crippen molar-refractivity contribution < 1.29 is 4.79 Å². The molecule has 0 aromatic heterocycles. The Bertz CT molecular complexity index is 324. The van der Waals surface area contributed by atoms with Gasteiger partial charge in [-0.05, 0) is 12.0 Å². The van der Waals surface area contributed by atoms with Crippen LogP contribution in [0.2, 0.25) is 0 Å². The van der Waals surface area contributed by atoms with E-state index in [9.17, 15) is 4.79 Å². The SMILES string of the molecule is C=C(C(=O)CCCCC)c1ccccc1. The molecule has 0 heterocycles. The third-order valence-electron chi connectivity index (χ3n) is 2.47. The van der Waals surface area contributed by atoms with Crippen LogP contribution in [0.5, 0.6) is 0 Å². The van der Waals surface area contributed by atoms with Crippen LogP contribution in [0.1, 0.15) is 38.2 Å². The average molecular weight is 202 g/mol. The molecule has 1 aromatic rings. The van der Waals surface area contributed by atoms with Crippen molar-refractivity contribution >= 4 is 11.4 Å². The van der Waals surface area contributed by atoms with Gasteiger partial charge in [-0.2, -0.15) is 0 Å². The first-order chi connectivity index (χ1) is 7.25. The molecule has 0 amide bonds. The lowest BCUT2D eigenvalue weighted by Gasteiger charge is -2.04. The van der Waals surface area contributed by atoms with Gasteiger partial charge < -0.3 is 0 Å². The molecule has 0 aliphatic carbocycles. The molecule has 1 heteroatoms. The first kappa shape index (κ1) is 11.7. The lowest BCUT2D eigenvalue weighted by atomic mass is 10.00. The molecule has 0 saturated carbocycles. The summed E-state index contributed by atoms with van der Waals surface area (Å²) in [6, 6.07) is 9.66. The van der Waals surface area contributed by atoms with Crippen LogP contribution < -0.4 is 0 Å². The molecule has 0 saturated heterocycles. The quantitative estimate of drug-likeness (QED) is 0.506. The Morgan fingerprint density at radius 3 is 2.47 bits per heavy atom. The van der Waals surface area contributed by atoms with Gasteiger partial charge in [0, 0.05) is 12.0 Å². The van der Waals surface area contributed by atoms with Gasteiger partial charge in [-0.25, -0.2) is 0 Å². The van der Waals surface area contributed by atoms with Gasteiger partial charge in [0.15, 0.2) is 5.78 Å². The van der Waals surface area contributed by atoms with Crippen molar-refractivity contribution in [2.45, 2.75) is 32.6 Å². The number of Topliss-reactive ketones (excluding diaryl/α,β-unsaturated/α-hetero) is 1. The zero-order valence-electron chi connectivity index (χ0n) is 9.33. The molecule has 0 bridgehead atoms. The molecule has 0 spiro atoms. The Labute approximate surface area is 91.8 Å². The van der Waals surface area contributed by atoms with Crippen LogP contribution in [0, 0.1) is 0 Å². The topological polar surface area (TPSA) is 17.1 Å². The fourth-order valence-electron chi connectivity index (χ4n) is 1.49. The highest BCUT2D eigenvalue weighted by Gasteiger charge is 2.07. The maximum atomic E-state index is 11.7. The monoisotopic (exact) mass is 202 g/mol. The van der Waals surface area contributed by atoms with E-state index in [0.717, 1.165) is 24.8 Å². The summed E-state index contributed by atoms with van der Waals surface area (Å²) in [6.45, 7) is 5.99. The van der Waals surface area contributed by atoms with Crippen LogP contribution in [-0.4, -0.2) is 5.78 Å². The summed E-state index contributed by atoms with van der Waals surface area (Å²) in [5.74, 6) is 0.176. The lowest BCUT2D eigenvalue weighted by molar-refractivity contribution is -0.113. The molecule has 1 aromatic carbocycles. The van der Waals surface area contributed by atoms with Gasteiger partial charge in [-0.15, -0.1) is 0 Å². The highest BCUT2D eigenvalue weighted by Crippen LogP contribution is 2.15. The van der Waals surface area contributed by atoms with Crippen molar-refractivity contribution in [2.75, 3.05) is 0 Å². The number of rotatable bonds is 6. The third-order valence-corrected chi connectivity index (χ3v) is 2.47. The van der Waals surface area contributed by atoms with E-state index < -0.39 is 0 Å². The van der Waals surface area contributed by atoms with Crippen LogP contribution in [0.25, 0.3) is 5.57 Å². The molecule has 0 aliphatic rings. The number of carbonyl (C=O) groups is 1. The normalized spacial score (nSPS) is 9.93. The molecule has 80 valence electrons. The van der Waals surface area contributed by atoms with E-state index in [1.165, 1.54) is 0 Å². The van der Waals surface area contributed by atoms with Crippen LogP contribution in [0.4, 0.5) is 0 Å². The summed E-state index contributed by atoms with van der Waals surface area (Å²) in [4.78, 5) is 11.7. The maximum Gasteiger partial charge on any atom is 0.162 e. The Morgan fingerprint density at radius 1 is 1.20 bits per heavy atom. The van der Waals surface area contributed by atoms with Crippen molar-refractivity contribution in [1.29, 1.82) is 0 Å². The van der Waals surface area contributed by atoms with E-state index in [1.54, 1.807) is 0 Å². The molecular weight excluding hydrogens is 184 g/mol. The van der Waals surface area contributed by atoms with Crippen LogP contribution in [0.3, 0.4) is 0 Å². The minimum Gasteiger partial charge on any atom is -0.294 e. The van der Waals surface area contributed by atoms with Crippen LogP contribution >= 0.6 is 0 Å². The zero-order valence-corrected chi connectivity index (χ0v) is 9.33. The van der Waals surface area contributed by atoms with E-state index in [1.807, 2.05) is 30.3 Å². The summed E-state index contributed by atoms with van der Waals surface area (Å²) in [5, 5.41) is 0. The van der Waals surface area contributed by atoms with Gasteiger partial charge in [0.1, 0.15) is 0 Å². The van der Waals surface area contributed by atoms with Crippen LogP contribution in [-0.2, 0) is 4.79 Å². The second-order valence-electron chi connectivity index (χ2n) is 3.72. The first-order valence-corrected chi connectivity index (χ1v) is 5.53. The molecule has 15 heavy (non-hydrogen) atoms. The predicted molar refractivity (Wildman–Crippen MR) is 64.6 cm³/mol. The number of unbranched alkanes of at least 4 members (excludes halogenated alkanes) is 2. The molecule has 0 fully saturated rings. The summed E-state index contributed by atoms with van der Waals surface area (Å²) in [5.41, 5.74) is 1.59. The van der Waals surface area contributed by atoms with Crippen molar-refractivity contribution in [3.8, 4) is 0 Å². The number of benzene rings is 1. The van der Waals surface area contributed by atoms with Gasteiger partial charge in [0.05, 0.1) is 0 Å². The molecule has 0 radical (unpaired) electrons. The lowest BCUT2D eigenvalue weighted by Crippen LogP contribution is -2.00. The molecule has 0 atom stereocenters. The van der Waals surface area contributed by atoms with Gasteiger partial charge in [-0.1, -0.05) is 56.7 Å². The van der Waals surface area contributed by atoms with Crippen LogP contribution in [0.15, 0.2) is 36.9 Å². The Kier molecular flexibility index (Phi) is 4.82. The fraction of sp³-hybridized carbons (Fsp3) is 0.357. The third kappa shape index (κ3) is 3.70. The molecule has 1 nitrogen and oxygen atoms in total. The minimum atomic E-state index is 0.176. The van der Waals surface area contributed by atoms with Gasteiger partial charge in [-0.3, -0.25) is 4.79 Å². The summed E-state index contributed by atoms with van der Waals surface area (Å²) >= 11 is 0. The summed E-state index contributed by atoms with van der Waals surface area (Å²) in [7, 11) is 0. The van der Waals surface area contributed by atoms with Crippen molar-refractivity contribution in [3.63, 3.8) is 0 Å². The standard InChI is InChI=1S/C14H18O/c1-3-4-6-11-14(15)12(2)13-9-7-5-8-10-13/h5,7-10H,2-4,6,11H2,1H3. The largest absolute Gasteiger partial charge is 0.294 e. The summed E-state index contributed by atoms with van der Waals surface area (Å²) in [6.07, 6.45) is 3.86. The number of allylic oxidation sites excluding steroid dienone is 1. The molecule has 0 N–H and O–H groups in total. The van der Waals surface area contributed by atoms with Crippen molar-refractivity contribution in [3.05, 3.63) is 42.5 Å². The minimum absolute atomic E-state index is 0.176. The first-order valence-electron chi connectivity index (χ1n) is 5.53. The van der Waals surface area contributed by atoms with Gasteiger partial charge >= 0.3 is 0 Å². The molecular formula is C14H18O. The Balaban J connectivity index is 2.50. The predicted octanol–water partition coefficient (Wildman–Crippen LogP) is 3.85. The smallest absolute Gasteiger partial charge is 0.162 e. The number of hydrogen-bond donors (Lipinski definition) is 0. The number of carbonyl (C=O) groups excluding carboxylic acids is 1. The van der Waals surface area contributed by atoms with Gasteiger partial charge in [0.2, 0.25) is 0 Å². The average Bonchev–Trinajstić information content (AvgIpc) is 2.29. The van der Waals surface area contributed by atoms with Crippen molar-refractivity contribution in [2.24, 2.45) is 0 Å². The van der Waals surface area contributed by atoms with Gasteiger partial charge in [0.25, 0.3) is 0 Å². The molecule has 0 aliphatic heterocycles. The highest BCUT2D eigenvalue weighted by atomic mass is 16.1. The maximum absolute atomic E-state index is 11.7. The van der Waals surface area contributed by atoms with E-state index in [4.69, 9.17) is 0 Å². The zero-order chi connectivity index (χ0) is 11.1. The number of ketones is 1. The van der Waals surface area contributed by atoms with E-state index in [2.05, 4.69) is 13.5 Å².